The topological polar surface area (TPSA) is 78.9 Å². The number of hydrogen-bond acceptors (Lipinski definition) is 4. The minimum atomic E-state index is -0.596. The minimum Gasteiger partial charge on any atom is -0.493 e. The van der Waals surface area contributed by atoms with Gasteiger partial charge in [-0.1, -0.05) is 18.2 Å². The SMILES string of the molecule is O=C(NO)c1ccc2c(c1)CN(C(=O)c1ccccc1)CCCO2. The second-order valence-corrected chi connectivity index (χ2v) is 5.56. The molecule has 0 radical (unpaired) electrons. The third-order valence-electron chi connectivity index (χ3n) is 3.92. The van der Waals surface area contributed by atoms with Crippen molar-refractivity contribution in [1.29, 1.82) is 0 Å². The average Bonchev–Trinajstić information content (AvgIpc) is 2.61. The Hall–Kier alpha value is -2.86. The van der Waals surface area contributed by atoms with Crippen LogP contribution in [0.3, 0.4) is 0 Å². The zero-order chi connectivity index (χ0) is 16.9. The van der Waals surface area contributed by atoms with E-state index in [2.05, 4.69) is 0 Å². The van der Waals surface area contributed by atoms with Crippen molar-refractivity contribution in [2.75, 3.05) is 13.2 Å². The van der Waals surface area contributed by atoms with Gasteiger partial charge in [0.1, 0.15) is 5.75 Å². The molecule has 3 rings (SSSR count). The summed E-state index contributed by atoms with van der Waals surface area (Å²) in [6.45, 7) is 1.41. The minimum absolute atomic E-state index is 0.0551. The van der Waals surface area contributed by atoms with Crippen molar-refractivity contribution in [3.05, 3.63) is 65.2 Å². The first-order valence-corrected chi connectivity index (χ1v) is 7.73. The Bertz CT molecular complexity index is 746. The summed E-state index contributed by atoms with van der Waals surface area (Å²) in [7, 11) is 0. The summed E-state index contributed by atoms with van der Waals surface area (Å²) >= 11 is 0. The molecule has 1 aliphatic heterocycles. The van der Waals surface area contributed by atoms with Crippen LogP contribution in [0.25, 0.3) is 0 Å². The first-order valence-electron chi connectivity index (χ1n) is 7.73. The lowest BCUT2D eigenvalue weighted by atomic mass is 10.1. The lowest BCUT2D eigenvalue weighted by Crippen LogP contribution is -2.34. The van der Waals surface area contributed by atoms with Gasteiger partial charge in [0.05, 0.1) is 6.61 Å². The lowest BCUT2D eigenvalue weighted by Gasteiger charge is -2.27. The van der Waals surface area contributed by atoms with Crippen LogP contribution in [0.4, 0.5) is 0 Å². The molecule has 0 atom stereocenters. The number of carbonyl (C=O) groups is 2. The predicted octanol–water partition coefficient (Wildman–Crippen LogP) is 2.23. The summed E-state index contributed by atoms with van der Waals surface area (Å²) in [6.07, 6.45) is 0.733. The predicted molar refractivity (Wildman–Crippen MR) is 87.0 cm³/mol. The highest BCUT2D eigenvalue weighted by atomic mass is 16.5. The second-order valence-electron chi connectivity index (χ2n) is 5.56. The number of hydrogen-bond donors (Lipinski definition) is 2. The van der Waals surface area contributed by atoms with E-state index in [0.29, 0.717) is 36.6 Å². The van der Waals surface area contributed by atoms with Gasteiger partial charge >= 0.3 is 0 Å². The van der Waals surface area contributed by atoms with Gasteiger partial charge in [0.15, 0.2) is 0 Å². The van der Waals surface area contributed by atoms with E-state index >= 15 is 0 Å². The van der Waals surface area contributed by atoms with Crippen molar-refractivity contribution in [2.45, 2.75) is 13.0 Å². The average molecular weight is 326 g/mol. The molecule has 24 heavy (non-hydrogen) atoms. The van der Waals surface area contributed by atoms with Gasteiger partial charge in [0.2, 0.25) is 0 Å². The number of rotatable bonds is 2. The van der Waals surface area contributed by atoms with Crippen molar-refractivity contribution in [2.24, 2.45) is 0 Å². The first kappa shape index (κ1) is 16.0. The Morgan fingerprint density at radius 2 is 1.88 bits per heavy atom. The monoisotopic (exact) mass is 326 g/mol. The number of nitrogens with one attached hydrogen (secondary N) is 1. The van der Waals surface area contributed by atoms with Crippen LogP contribution in [0.15, 0.2) is 48.5 Å². The normalized spacial score (nSPS) is 14.0. The molecule has 0 saturated heterocycles. The number of amides is 2. The van der Waals surface area contributed by atoms with Gasteiger partial charge in [0.25, 0.3) is 11.8 Å². The Balaban J connectivity index is 1.90. The maximum Gasteiger partial charge on any atom is 0.274 e. The fraction of sp³-hybridized carbons (Fsp3) is 0.222. The molecule has 2 N–H and O–H groups in total. The molecule has 6 heteroatoms. The molecule has 2 amide bonds. The Labute approximate surface area is 139 Å². The van der Waals surface area contributed by atoms with E-state index < -0.39 is 5.91 Å². The lowest BCUT2D eigenvalue weighted by molar-refractivity contribution is 0.0706. The maximum absolute atomic E-state index is 12.7. The summed E-state index contributed by atoms with van der Waals surface area (Å²) in [6, 6.07) is 14.0. The van der Waals surface area contributed by atoms with Gasteiger partial charge in [-0.3, -0.25) is 14.8 Å². The summed E-state index contributed by atoms with van der Waals surface area (Å²) in [5.41, 5.74) is 3.29. The van der Waals surface area contributed by atoms with E-state index in [9.17, 15) is 9.59 Å². The molecule has 0 saturated carbocycles. The number of ether oxygens (including phenoxy) is 1. The molecule has 2 aromatic carbocycles. The largest absolute Gasteiger partial charge is 0.493 e. The van der Waals surface area contributed by atoms with Gasteiger partial charge < -0.3 is 9.64 Å². The smallest absolute Gasteiger partial charge is 0.274 e. The number of nitrogens with zero attached hydrogens (tertiary/aromatic N) is 1. The zero-order valence-corrected chi connectivity index (χ0v) is 13.1. The van der Waals surface area contributed by atoms with E-state index in [1.807, 2.05) is 18.2 Å². The van der Waals surface area contributed by atoms with Crippen molar-refractivity contribution >= 4 is 11.8 Å². The Morgan fingerprint density at radius 1 is 1.08 bits per heavy atom. The van der Waals surface area contributed by atoms with Gasteiger partial charge in [-0.05, 0) is 36.8 Å². The van der Waals surface area contributed by atoms with Crippen LogP contribution in [0.1, 0.15) is 32.7 Å². The molecule has 0 fully saturated rings. The standard InChI is InChI=1S/C18H18N2O4/c21-17(19-23)14-7-8-16-15(11-14)12-20(9-4-10-24-16)18(22)13-5-2-1-3-6-13/h1-3,5-8,11,23H,4,9-10,12H2,(H,19,21). The van der Waals surface area contributed by atoms with E-state index in [4.69, 9.17) is 9.94 Å². The quantitative estimate of drug-likeness (QED) is 0.655. The molecule has 124 valence electrons. The molecule has 0 bridgehead atoms. The molecule has 2 aromatic rings. The van der Waals surface area contributed by atoms with Gasteiger partial charge in [-0.15, -0.1) is 0 Å². The van der Waals surface area contributed by atoms with Crippen LogP contribution in [-0.4, -0.2) is 35.1 Å². The molecule has 0 spiro atoms. The number of fused-ring (bicyclic) bond motifs is 1. The Kier molecular flexibility index (Phi) is 4.77. The summed E-state index contributed by atoms with van der Waals surface area (Å²) in [5.74, 6) is -0.00342. The van der Waals surface area contributed by atoms with Crippen molar-refractivity contribution in [3.8, 4) is 5.75 Å². The molecular formula is C18H18N2O4. The fourth-order valence-corrected chi connectivity index (χ4v) is 2.71. The molecule has 6 nitrogen and oxygen atoms in total. The molecule has 0 aromatic heterocycles. The highest BCUT2D eigenvalue weighted by Crippen LogP contribution is 2.25. The number of hydroxylamine groups is 1. The van der Waals surface area contributed by atoms with Gasteiger partial charge in [-0.2, -0.15) is 0 Å². The van der Waals surface area contributed by atoms with Crippen molar-refractivity contribution in [3.63, 3.8) is 0 Å². The molecule has 1 heterocycles. The maximum atomic E-state index is 12.7. The van der Waals surface area contributed by atoms with Crippen LogP contribution >= 0.6 is 0 Å². The highest BCUT2D eigenvalue weighted by molar-refractivity contribution is 5.95. The van der Waals surface area contributed by atoms with E-state index in [-0.39, 0.29) is 5.91 Å². The van der Waals surface area contributed by atoms with Crippen LogP contribution < -0.4 is 10.2 Å². The van der Waals surface area contributed by atoms with Crippen LogP contribution in [0, 0.1) is 0 Å². The van der Waals surface area contributed by atoms with Gasteiger partial charge in [0, 0.05) is 29.8 Å². The van der Waals surface area contributed by atoms with Crippen LogP contribution in [0.5, 0.6) is 5.75 Å². The summed E-state index contributed by atoms with van der Waals surface area (Å²) in [4.78, 5) is 26.1. The summed E-state index contributed by atoms with van der Waals surface area (Å²) in [5, 5.41) is 8.79. The molecule has 0 aliphatic carbocycles. The Morgan fingerprint density at radius 3 is 2.62 bits per heavy atom. The molecule has 0 unspecified atom stereocenters. The van der Waals surface area contributed by atoms with Crippen molar-refractivity contribution in [1.82, 2.24) is 10.4 Å². The third-order valence-corrected chi connectivity index (χ3v) is 3.92. The first-order chi connectivity index (χ1) is 11.7. The highest BCUT2D eigenvalue weighted by Gasteiger charge is 2.20. The zero-order valence-electron chi connectivity index (χ0n) is 13.1. The second kappa shape index (κ2) is 7.14. The number of benzene rings is 2. The van der Waals surface area contributed by atoms with E-state index in [0.717, 1.165) is 12.0 Å². The van der Waals surface area contributed by atoms with E-state index in [1.165, 1.54) is 0 Å². The summed E-state index contributed by atoms with van der Waals surface area (Å²) < 4.78 is 5.70. The molecule has 1 aliphatic rings. The van der Waals surface area contributed by atoms with Gasteiger partial charge in [-0.25, -0.2) is 5.48 Å². The molecular weight excluding hydrogens is 308 g/mol. The van der Waals surface area contributed by atoms with E-state index in [1.54, 1.807) is 40.7 Å². The van der Waals surface area contributed by atoms with Crippen LogP contribution in [-0.2, 0) is 6.54 Å². The third kappa shape index (κ3) is 3.38. The van der Waals surface area contributed by atoms with Crippen molar-refractivity contribution < 1.29 is 19.5 Å². The fourth-order valence-electron chi connectivity index (χ4n) is 2.71. The van der Waals surface area contributed by atoms with Crippen LogP contribution in [0.2, 0.25) is 0 Å². The number of carbonyl (C=O) groups excluding carboxylic acids is 2.